The highest BCUT2D eigenvalue weighted by molar-refractivity contribution is 5.98. The quantitative estimate of drug-likeness (QED) is 0.800. The van der Waals surface area contributed by atoms with E-state index in [2.05, 4.69) is 5.32 Å². The molecule has 6 heteroatoms. The maximum absolute atomic E-state index is 12.7. The third-order valence-corrected chi connectivity index (χ3v) is 6.09. The van der Waals surface area contributed by atoms with Gasteiger partial charge in [0.25, 0.3) is 5.91 Å². The summed E-state index contributed by atoms with van der Waals surface area (Å²) in [6.07, 6.45) is 7.89. The molecule has 142 valence electrons. The SMILES string of the molecule is O=C(Nc1ccc(C(=O)N2CCCCC2)cc1)[C@@H]1[C@@H](C(=O)O)[C@H]2C=C[C@@H]1C2. The lowest BCUT2D eigenvalue weighted by Crippen LogP contribution is -2.36. The highest BCUT2D eigenvalue weighted by Gasteiger charge is 2.51. The average molecular weight is 368 g/mol. The molecule has 2 aliphatic carbocycles. The molecule has 4 atom stereocenters. The first kappa shape index (κ1) is 17.8. The normalized spacial score (nSPS) is 29.0. The summed E-state index contributed by atoms with van der Waals surface area (Å²) in [6, 6.07) is 6.88. The molecular weight excluding hydrogens is 344 g/mol. The van der Waals surface area contributed by atoms with Crippen molar-refractivity contribution in [2.45, 2.75) is 25.7 Å². The monoisotopic (exact) mass is 368 g/mol. The number of carboxylic acid groups (broad SMARTS) is 1. The van der Waals surface area contributed by atoms with Crippen molar-refractivity contribution in [2.24, 2.45) is 23.7 Å². The van der Waals surface area contributed by atoms with Crippen molar-refractivity contribution in [3.05, 3.63) is 42.0 Å². The summed E-state index contributed by atoms with van der Waals surface area (Å²) in [5.74, 6) is -2.38. The Labute approximate surface area is 158 Å². The van der Waals surface area contributed by atoms with Gasteiger partial charge in [0.05, 0.1) is 11.8 Å². The van der Waals surface area contributed by atoms with E-state index in [0.717, 1.165) is 32.4 Å². The van der Waals surface area contributed by atoms with Gasteiger partial charge in [-0.1, -0.05) is 12.2 Å². The number of likely N-dealkylation sites (tertiary alicyclic amines) is 1. The molecule has 2 bridgehead atoms. The van der Waals surface area contributed by atoms with Crippen LogP contribution in [0.25, 0.3) is 0 Å². The lowest BCUT2D eigenvalue weighted by molar-refractivity contribution is -0.146. The van der Waals surface area contributed by atoms with Crippen molar-refractivity contribution in [1.29, 1.82) is 0 Å². The van der Waals surface area contributed by atoms with Gasteiger partial charge in [-0.15, -0.1) is 0 Å². The number of hydrogen-bond acceptors (Lipinski definition) is 3. The molecule has 0 unspecified atom stereocenters. The van der Waals surface area contributed by atoms with Crippen molar-refractivity contribution < 1.29 is 19.5 Å². The molecule has 0 aromatic heterocycles. The predicted octanol–water partition coefficient (Wildman–Crippen LogP) is 2.77. The second-order valence-electron chi connectivity index (χ2n) is 7.76. The molecule has 0 spiro atoms. The number of fused-ring (bicyclic) bond motifs is 2. The van der Waals surface area contributed by atoms with E-state index in [1.807, 2.05) is 17.1 Å². The molecule has 1 aromatic rings. The highest BCUT2D eigenvalue weighted by Crippen LogP contribution is 2.48. The van der Waals surface area contributed by atoms with Crippen LogP contribution in [0, 0.1) is 23.7 Å². The number of nitrogens with one attached hydrogen (secondary N) is 1. The number of nitrogens with zero attached hydrogens (tertiary/aromatic N) is 1. The van der Waals surface area contributed by atoms with Crippen LogP contribution in [0.3, 0.4) is 0 Å². The number of benzene rings is 1. The minimum absolute atomic E-state index is 0.00366. The van der Waals surface area contributed by atoms with Gasteiger partial charge in [0.15, 0.2) is 0 Å². The third-order valence-electron chi connectivity index (χ3n) is 6.09. The first-order valence-electron chi connectivity index (χ1n) is 9.66. The number of anilines is 1. The number of aliphatic carboxylic acids is 1. The van der Waals surface area contributed by atoms with Crippen LogP contribution in [0.15, 0.2) is 36.4 Å². The molecule has 0 radical (unpaired) electrons. The molecule has 2 amide bonds. The summed E-state index contributed by atoms with van der Waals surface area (Å²) in [5.41, 5.74) is 1.20. The van der Waals surface area contributed by atoms with E-state index >= 15 is 0 Å². The van der Waals surface area contributed by atoms with Crippen LogP contribution in [0.4, 0.5) is 5.69 Å². The summed E-state index contributed by atoms with van der Waals surface area (Å²) < 4.78 is 0. The minimum Gasteiger partial charge on any atom is -0.481 e. The van der Waals surface area contributed by atoms with E-state index in [4.69, 9.17) is 0 Å². The van der Waals surface area contributed by atoms with Crippen molar-refractivity contribution in [2.75, 3.05) is 18.4 Å². The fraction of sp³-hybridized carbons (Fsp3) is 0.476. The number of hydrogen-bond donors (Lipinski definition) is 2. The van der Waals surface area contributed by atoms with Crippen LogP contribution >= 0.6 is 0 Å². The summed E-state index contributed by atoms with van der Waals surface area (Å²) >= 11 is 0. The third kappa shape index (κ3) is 3.36. The second kappa shape index (κ2) is 7.18. The molecule has 1 heterocycles. The highest BCUT2D eigenvalue weighted by atomic mass is 16.4. The number of allylic oxidation sites excluding steroid dienone is 2. The summed E-state index contributed by atoms with van der Waals surface area (Å²) in [7, 11) is 0. The van der Waals surface area contributed by atoms with Crippen LogP contribution in [0.1, 0.15) is 36.0 Å². The Balaban J connectivity index is 1.42. The van der Waals surface area contributed by atoms with Gasteiger partial charge in [-0.05, 0) is 61.8 Å². The lowest BCUT2D eigenvalue weighted by Gasteiger charge is -2.27. The summed E-state index contributed by atoms with van der Waals surface area (Å²) in [4.78, 5) is 38.7. The Bertz CT molecular complexity index is 780. The number of rotatable bonds is 4. The first-order chi connectivity index (χ1) is 13.0. The van der Waals surface area contributed by atoms with Gasteiger partial charge in [-0.25, -0.2) is 0 Å². The van der Waals surface area contributed by atoms with Gasteiger partial charge in [0, 0.05) is 24.3 Å². The van der Waals surface area contributed by atoms with Crippen molar-refractivity contribution >= 4 is 23.5 Å². The molecular formula is C21H24N2O4. The molecule has 1 aliphatic heterocycles. The zero-order valence-corrected chi connectivity index (χ0v) is 15.1. The van der Waals surface area contributed by atoms with E-state index < -0.39 is 17.8 Å². The molecule has 1 aromatic carbocycles. The largest absolute Gasteiger partial charge is 0.481 e. The molecule has 1 saturated carbocycles. The van der Waals surface area contributed by atoms with Gasteiger partial charge >= 0.3 is 5.97 Å². The fourth-order valence-corrected chi connectivity index (χ4v) is 4.72. The van der Waals surface area contributed by atoms with Crippen LogP contribution in [0.5, 0.6) is 0 Å². The molecule has 2 N–H and O–H groups in total. The number of carbonyl (C=O) groups is 3. The van der Waals surface area contributed by atoms with Crippen LogP contribution in [-0.2, 0) is 9.59 Å². The maximum atomic E-state index is 12.7. The Morgan fingerprint density at radius 3 is 2.19 bits per heavy atom. The fourth-order valence-electron chi connectivity index (χ4n) is 4.72. The second-order valence-corrected chi connectivity index (χ2v) is 7.76. The zero-order chi connectivity index (χ0) is 19.0. The zero-order valence-electron chi connectivity index (χ0n) is 15.1. The molecule has 3 aliphatic rings. The van der Waals surface area contributed by atoms with E-state index in [0.29, 0.717) is 11.3 Å². The van der Waals surface area contributed by atoms with E-state index in [9.17, 15) is 19.5 Å². The van der Waals surface area contributed by atoms with E-state index in [1.54, 1.807) is 24.3 Å². The number of carboxylic acids is 1. The molecule has 1 saturated heterocycles. The number of amides is 2. The molecule has 4 rings (SSSR count). The van der Waals surface area contributed by atoms with Crippen molar-refractivity contribution in [1.82, 2.24) is 4.90 Å². The minimum atomic E-state index is -0.908. The maximum Gasteiger partial charge on any atom is 0.307 e. The Hall–Kier alpha value is -2.63. The van der Waals surface area contributed by atoms with Gasteiger partial charge in [-0.2, -0.15) is 0 Å². The lowest BCUT2D eigenvalue weighted by atomic mass is 9.82. The van der Waals surface area contributed by atoms with E-state index in [-0.39, 0.29) is 23.7 Å². The molecule has 2 fully saturated rings. The van der Waals surface area contributed by atoms with Crippen molar-refractivity contribution in [3.63, 3.8) is 0 Å². The summed E-state index contributed by atoms with van der Waals surface area (Å²) in [5, 5.41) is 12.3. The topological polar surface area (TPSA) is 86.7 Å². The van der Waals surface area contributed by atoms with Gasteiger partial charge < -0.3 is 15.3 Å². The van der Waals surface area contributed by atoms with Gasteiger partial charge in [0.2, 0.25) is 5.91 Å². The van der Waals surface area contributed by atoms with E-state index in [1.165, 1.54) is 6.42 Å². The Morgan fingerprint density at radius 2 is 1.56 bits per heavy atom. The molecule has 6 nitrogen and oxygen atoms in total. The standard InChI is InChI=1S/C21H24N2O4/c24-19(17-14-4-5-15(12-14)18(17)21(26)27)22-16-8-6-13(7-9-16)20(25)23-10-2-1-3-11-23/h4-9,14-15,17-18H,1-3,10-12H2,(H,22,24)(H,26,27)/t14-,15+,17+,18+/m1/s1. The number of piperidine rings is 1. The number of carbonyl (C=O) groups excluding carboxylic acids is 2. The van der Waals surface area contributed by atoms with Crippen LogP contribution in [-0.4, -0.2) is 40.9 Å². The predicted molar refractivity (Wildman–Crippen MR) is 100 cm³/mol. The Kier molecular flexibility index (Phi) is 4.72. The van der Waals surface area contributed by atoms with Gasteiger partial charge in [0.1, 0.15) is 0 Å². The summed E-state index contributed by atoms with van der Waals surface area (Å²) in [6.45, 7) is 1.59. The molecule has 27 heavy (non-hydrogen) atoms. The average Bonchev–Trinajstić information content (AvgIpc) is 3.30. The van der Waals surface area contributed by atoms with Crippen LogP contribution < -0.4 is 5.32 Å². The Morgan fingerprint density at radius 1 is 0.926 bits per heavy atom. The van der Waals surface area contributed by atoms with Gasteiger partial charge in [-0.3, -0.25) is 14.4 Å². The first-order valence-corrected chi connectivity index (χ1v) is 9.66. The van der Waals surface area contributed by atoms with Crippen LogP contribution in [0.2, 0.25) is 0 Å². The van der Waals surface area contributed by atoms with Crippen molar-refractivity contribution in [3.8, 4) is 0 Å². The smallest absolute Gasteiger partial charge is 0.307 e.